The Kier molecular flexibility index (Phi) is 7.25. The second-order valence-electron chi connectivity index (χ2n) is 16.1. The zero-order valence-corrected chi connectivity index (χ0v) is 33.2. The van der Waals surface area contributed by atoms with E-state index in [-0.39, 0.29) is 5.92 Å². The summed E-state index contributed by atoms with van der Waals surface area (Å²) < 4.78 is 17.7. The predicted octanol–water partition coefficient (Wildman–Crippen LogP) is 14.5. The lowest BCUT2D eigenvalue weighted by Crippen LogP contribution is -2.20. The van der Waals surface area contributed by atoms with Gasteiger partial charge in [-0.05, 0) is 73.2 Å². The third-order valence-electron chi connectivity index (χ3n) is 12.6. The van der Waals surface area contributed by atoms with Gasteiger partial charge >= 0.3 is 0 Å². The topological polar surface area (TPSA) is 60.9 Å². The lowest BCUT2D eigenvalue weighted by Gasteiger charge is -2.19. The van der Waals surface area contributed by atoms with E-state index in [1.54, 1.807) is 0 Å². The van der Waals surface area contributed by atoms with Crippen molar-refractivity contribution in [1.82, 2.24) is 9.13 Å². The summed E-state index contributed by atoms with van der Waals surface area (Å²) in [4.78, 5) is 11.3. The molecule has 61 heavy (non-hydrogen) atoms. The molecule has 8 aromatic carbocycles. The molecule has 0 saturated heterocycles. The lowest BCUT2D eigenvalue weighted by atomic mass is 9.93. The molecule has 0 aliphatic carbocycles. The summed E-state index contributed by atoms with van der Waals surface area (Å²) in [5.74, 6) is 0.629. The van der Waals surface area contributed by atoms with E-state index in [0.29, 0.717) is 5.96 Å². The van der Waals surface area contributed by atoms with Gasteiger partial charge in [0.25, 0.3) is 0 Å². The normalized spacial score (nSPS) is 17.6. The highest BCUT2D eigenvalue weighted by Crippen LogP contribution is 2.42. The molecule has 4 aromatic heterocycles. The highest BCUT2D eigenvalue weighted by molar-refractivity contribution is 6.30. The van der Waals surface area contributed by atoms with Crippen molar-refractivity contribution in [3.05, 3.63) is 193 Å². The van der Waals surface area contributed by atoms with Crippen LogP contribution in [0.3, 0.4) is 0 Å². The van der Waals surface area contributed by atoms with E-state index in [2.05, 4.69) is 174 Å². The Morgan fingerprint density at radius 3 is 1.82 bits per heavy atom. The SMILES string of the molecule is CC1C/C=C(c2cccc3c2oc2ccccc23)/N=C(n2c3ccccc3c3c4c5ccccc5n(-c5ccccc5)c4ccc32)\N=C/1c1ccc2c(c1)oc1ccccc12. The first-order chi connectivity index (χ1) is 30.2. The molecule has 0 spiro atoms. The number of benzene rings is 8. The van der Waals surface area contributed by atoms with Crippen molar-refractivity contribution in [1.29, 1.82) is 0 Å². The van der Waals surface area contributed by atoms with Crippen molar-refractivity contribution in [2.24, 2.45) is 15.9 Å². The number of furan rings is 2. The standard InChI is InChI=1S/C55H36N4O2/c1-33-26-29-43(40-21-13-20-39-37-17-8-12-25-49(37)61-54(39)40)56-55(57-53(33)34-27-28-38-36-16-7-11-24-48(36)60-50(38)32-34)59-45-23-10-6-19-42(45)52-47(59)31-30-46-51(52)41-18-5-9-22-44(41)58(46)35-14-3-2-4-15-35/h2-25,27-33H,26H2,1H3/b43-29+,56-55+,57-53+. The van der Waals surface area contributed by atoms with Gasteiger partial charge in [-0.1, -0.05) is 122 Å². The van der Waals surface area contributed by atoms with Gasteiger partial charge in [0.2, 0.25) is 5.96 Å². The van der Waals surface area contributed by atoms with Crippen LogP contribution >= 0.6 is 0 Å². The summed E-state index contributed by atoms with van der Waals surface area (Å²) in [6, 6.07) is 61.9. The largest absolute Gasteiger partial charge is 0.456 e. The Labute approximate surface area is 349 Å². The summed E-state index contributed by atoms with van der Waals surface area (Å²) in [7, 11) is 0. The van der Waals surface area contributed by atoms with Crippen LogP contribution in [0.1, 0.15) is 24.5 Å². The summed E-state index contributed by atoms with van der Waals surface area (Å²) in [5.41, 5.74) is 12.6. The maximum Gasteiger partial charge on any atom is 0.235 e. The fourth-order valence-electron chi connectivity index (χ4n) is 9.84. The molecular formula is C55H36N4O2. The van der Waals surface area contributed by atoms with Gasteiger partial charge in [-0.2, -0.15) is 0 Å². The van der Waals surface area contributed by atoms with Crippen LogP contribution < -0.4 is 0 Å². The van der Waals surface area contributed by atoms with Crippen LogP contribution in [0.25, 0.3) is 98.9 Å². The maximum atomic E-state index is 6.62. The molecule has 1 aliphatic rings. The van der Waals surface area contributed by atoms with Crippen molar-refractivity contribution >= 4 is 105 Å². The van der Waals surface area contributed by atoms with Crippen LogP contribution in [-0.2, 0) is 0 Å². The molecule has 1 unspecified atom stereocenters. The van der Waals surface area contributed by atoms with E-state index >= 15 is 0 Å². The molecule has 1 aliphatic heterocycles. The van der Waals surface area contributed by atoms with Crippen LogP contribution in [0.4, 0.5) is 0 Å². The molecular weight excluding hydrogens is 749 g/mol. The zero-order valence-electron chi connectivity index (χ0n) is 33.2. The summed E-state index contributed by atoms with van der Waals surface area (Å²) in [6.07, 6.45) is 2.99. The van der Waals surface area contributed by atoms with E-state index < -0.39 is 0 Å². The second kappa shape index (κ2) is 13.0. The molecule has 0 N–H and O–H groups in total. The van der Waals surface area contributed by atoms with E-state index in [0.717, 1.165) is 106 Å². The third-order valence-corrected chi connectivity index (χ3v) is 12.6. The average Bonchev–Trinajstić information content (AvgIpc) is 4.06. The zero-order chi connectivity index (χ0) is 40.2. The molecule has 288 valence electrons. The monoisotopic (exact) mass is 784 g/mol. The molecule has 0 saturated carbocycles. The number of aromatic nitrogens is 2. The lowest BCUT2D eigenvalue weighted by molar-refractivity contribution is 0.667. The number of hydrogen-bond donors (Lipinski definition) is 0. The average molecular weight is 785 g/mol. The van der Waals surface area contributed by atoms with E-state index in [1.807, 2.05) is 24.3 Å². The third kappa shape index (κ3) is 5.02. The minimum absolute atomic E-state index is 0.0425. The Bertz CT molecular complexity index is 3870. The molecule has 0 amide bonds. The highest BCUT2D eigenvalue weighted by Gasteiger charge is 2.25. The van der Waals surface area contributed by atoms with Gasteiger partial charge in [0.1, 0.15) is 22.3 Å². The van der Waals surface area contributed by atoms with Gasteiger partial charge in [-0.15, -0.1) is 0 Å². The summed E-state index contributed by atoms with van der Waals surface area (Å²) >= 11 is 0. The first-order valence-corrected chi connectivity index (χ1v) is 20.9. The van der Waals surface area contributed by atoms with Crippen LogP contribution in [0.2, 0.25) is 0 Å². The predicted molar refractivity (Wildman–Crippen MR) is 252 cm³/mol. The number of para-hydroxylation sites is 6. The van der Waals surface area contributed by atoms with Crippen LogP contribution in [0, 0.1) is 5.92 Å². The number of rotatable bonds is 3. The molecule has 6 nitrogen and oxygen atoms in total. The van der Waals surface area contributed by atoms with Crippen LogP contribution in [0.5, 0.6) is 0 Å². The van der Waals surface area contributed by atoms with Gasteiger partial charge in [-0.25, -0.2) is 9.98 Å². The van der Waals surface area contributed by atoms with Crippen molar-refractivity contribution in [2.45, 2.75) is 13.3 Å². The van der Waals surface area contributed by atoms with E-state index in [4.69, 9.17) is 18.8 Å². The van der Waals surface area contributed by atoms with E-state index in [1.165, 1.54) is 16.2 Å². The van der Waals surface area contributed by atoms with Gasteiger partial charge in [0.15, 0.2) is 0 Å². The molecule has 12 aromatic rings. The Morgan fingerprint density at radius 1 is 0.475 bits per heavy atom. The van der Waals surface area contributed by atoms with Crippen LogP contribution in [0.15, 0.2) is 201 Å². The number of allylic oxidation sites excluding steroid dienone is 1. The smallest absolute Gasteiger partial charge is 0.235 e. The minimum Gasteiger partial charge on any atom is -0.456 e. The highest BCUT2D eigenvalue weighted by atomic mass is 16.3. The number of aliphatic imine (C=N–C) groups is 2. The van der Waals surface area contributed by atoms with Gasteiger partial charge in [-0.3, -0.25) is 4.57 Å². The van der Waals surface area contributed by atoms with Crippen molar-refractivity contribution in [2.75, 3.05) is 0 Å². The molecule has 13 rings (SSSR count). The van der Waals surface area contributed by atoms with Crippen LogP contribution in [-0.4, -0.2) is 20.8 Å². The second-order valence-corrected chi connectivity index (χ2v) is 16.1. The molecule has 1 atom stereocenters. The number of nitrogens with zero attached hydrogens (tertiary/aromatic N) is 4. The molecule has 6 heteroatoms. The molecule has 0 bridgehead atoms. The molecule has 0 radical (unpaired) electrons. The fourth-order valence-corrected chi connectivity index (χ4v) is 9.84. The number of hydrogen-bond acceptors (Lipinski definition) is 4. The quantitative estimate of drug-likeness (QED) is 0.179. The van der Waals surface area contributed by atoms with Gasteiger partial charge < -0.3 is 13.4 Å². The van der Waals surface area contributed by atoms with Crippen molar-refractivity contribution < 1.29 is 8.83 Å². The maximum absolute atomic E-state index is 6.62. The first-order valence-electron chi connectivity index (χ1n) is 20.9. The summed E-state index contributed by atoms with van der Waals surface area (Å²) in [5, 5.41) is 9.07. The minimum atomic E-state index is 0.0425. The molecule has 5 heterocycles. The van der Waals surface area contributed by atoms with E-state index in [9.17, 15) is 0 Å². The van der Waals surface area contributed by atoms with Gasteiger partial charge in [0.05, 0.1) is 33.5 Å². The van der Waals surface area contributed by atoms with Crippen molar-refractivity contribution in [3.8, 4) is 5.69 Å². The van der Waals surface area contributed by atoms with Crippen molar-refractivity contribution in [3.63, 3.8) is 0 Å². The Balaban J connectivity index is 1.11. The first kappa shape index (κ1) is 34.0. The fraction of sp³-hybridized carbons (Fsp3) is 0.0545. The molecule has 0 fully saturated rings. The van der Waals surface area contributed by atoms with Gasteiger partial charge in [0, 0.05) is 65.8 Å². The number of fused-ring (bicyclic) bond motifs is 13. The summed E-state index contributed by atoms with van der Waals surface area (Å²) in [6.45, 7) is 2.26. The Morgan fingerprint density at radius 2 is 1.07 bits per heavy atom. The Hall–Kier alpha value is -7.96.